The van der Waals surface area contributed by atoms with E-state index in [4.69, 9.17) is 5.73 Å². The fourth-order valence-corrected chi connectivity index (χ4v) is 1.40. The Morgan fingerprint density at radius 2 is 2.25 bits per heavy atom. The van der Waals surface area contributed by atoms with Gasteiger partial charge in [0.05, 0.1) is 12.7 Å². The topological polar surface area (TPSA) is 85.8 Å². The highest BCUT2D eigenvalue weighted by Gasteiger charge is 2.13. The molecule has 1 aromatic heterocycles. The molecule has 0 saturated heterocycles. The molecular weight excluding hydrogens is 206 g/mol. The highest BCUT2D eigenvalue weighted by atomic mass is 16.2. The van der Waals surface area contributed by atoms with E-state index in [0.29, 0.717) is 18.8 Å². The minimum atomic E-state index is -0.169. The predicted octanol–water partition coefficient (Wildman–Crippen LogP) is 0.155. The summed E-state index contributed by atoms with van der Waals surface area (Å²) in [4.78, 5) is 11.7. The normalized spacial score (nSPS) is 10.8. The van der Waals surface area contributed by atoms with Gasteiger partial charge in [0.25, 0.3) is 5.91 Å². The molecule has 0 unspecified atom stereocenters. The van der Waals surface area contributed by atoms with Crippen LogP contribution in [-0.2, 0) is 6.54 Å². The van der Waals surface area contributed by atoms with Crippen LogP contribution in [0.3, 0.4) is 0 Å². The van der Waals surface area contributed by atoms with Crippen LogP contribution in [-0.4, -0.2) is 33.5 Å². The molecule has 0 aliphatic carbocycles. The third kappa shape index (κ3) is 3.30. The Morgan fingerprint density at radius 1 is 1.56 bits per heavy atom. The van der Waals surface area contributed by atoms with Gasteiger partial charge in [-0.3, -0.25) is 9.48 Å². The molecule has 90 valence electrons. The molecular formula is C10H19N5O. The van der Waals surface area contributed by atoms with Gasteiger partial charge in [0.15, 0.2) is 5.69 Å². The molecule has 0 aromatic carbocycles. The molecule has 1 heterocycles. The van der Waals surface area contributed by atoms with Crippen LogP contribution in [0.1, 0.15) is 37.2 Å². The van der Waals surface area contributed by atoms with E-state index >= 15 is 0 Å². The maximum Gasteiger partial charge on any atom is 0.273 e. The minimum absolute atomic E-state index is 0.169. The van der Waals surface area contributed by atoms with Gasteiger partial charge < -0.3 is 11.1 Å². The zero-order valence-electron chi connectivity index (χ0n) is 9.81. The van der Waals surface area contributed by atoms with E-state index in [1.54, 1.807) is 10.9 Å². The van der Waals surface area contributed by atoms with Crippen LogP contribution in [0.15, 0.2) is 6.20 Å². The number of hydrogen-bond donors (Lipinski definition) is 2. The average Bonchev–Trinajstić information content (AvgIpc) is 2.74. The van der Waals surface area contributed by atoms with Crippen LogP contribution in [0, 0.1) is 0 Å². The van der Waals surface area contributed by atoms with E-state index in [-0.39, 0.29) is 11.9 Å². The van der Waals surface area contributed by atoms with Crippen molar-refractivity contribution in [1.82, 2.24) is 20.3 Å². The summed E-state index contributed by atoms with van der Waals surface area (Å²) in [6.07, 6.45) is 3.45. The van der Waals surface area contributed by atoms with Gasteiger partial charge in [0, 0.05) is 12.6 Å². The Balaban J connectivity index is 2.58. The molecule has 0 aliphatic heterocycles. The van der Waals surface area contributed by atoms with E-state index < -0.39 is 0 Å². The summed E-state index contributed by atoms with van der Waals surface area (Å²) >= 11 is 0. The SMILES string of the molecule is CCC(CC)NC(=O)c1cn(CCN)nn1. The van der Waals surface area contributed by atoms with Crippen molar-refractivity contribution in [3.05, 3.63) is 11.9 Å². The van der Waals surface area contributed by atoms with Crippen molar-refractivity contribution < 1.29 is 4.79 Å². The molecule has 6 nitrogen and oxygen atoms in total. The Hall–Kier alpha value is -1.43. The first-order valence-corrected chi connectivity index (χ1v) is 5.62. The molecule has 0 radical (unpaired) electrons. The number of hydrogen-bond acceptors (Lipinski definition) is 4. The molecule has 0 fully saturated rings. The highest BCUT2D eigenvalue weighted by molar-refractivity contribution is 5.92. The van der Waals surface area contributed by atoms with Crippen molar-refractivity contribution in [2.75, 3.05) is 6.54 Å². The number of carbonyl (C=O) groups excluding carboxylic acids is 1. The first-order chi connectivity index (χ1) is 7.71. The molecule has 0 bridgehead atoms. The Kier molecular flexibility index (Phi) is 4.91. The molecule has 1 aromatic rings. The summed E-state index contributed by atoms with van der Waals surface area (Å²) < 4.78 is 1.57. The van der Waals surface area contributed by atoms with Gasteiger partial charge in [-0.1, -0.05) is 19.1 Å². The maximum absolute atomic E-state index is 11.7. The van der Waals surface area contributed by atoms with Gasteiger partial charge in [0.1, 0.15) is 0 Å². The number of amides is 1. The van der Waals surface area contributed by atoms with Crippen molar-refractivity contribution in [3.8, 4) is 0 Å². The maximum atomic E-state index is 11.7. The lowest BCUT2D eigenvalue weighted by Gasteiger charge is -2.12. The molecule has 0 atom stereocenters. The standard InChI is InChI=1S/C10H19N5O/c1-3-8(4-2)12-10(16)9-7-15(6-5-11)14-13-9/h7-8H,3-6,11H2,1-2H3,(H,12,16). The number of carbonyl (C=O) groups is 1. The van der Waals surface area contributed by atoms with Crippen LogP contribution < -0.4 is 11.1 Å². The quantitative estimate of drug-likeness (QED) is 0.722. The summed E-state index contributed by atoms with van der Waals surface area (Å²) in [6, 6.07) is 0.201. The molecule has 1 rings (SSSR count). The van der Waals surface area contributed by atoms with Crippen LogP contribution in [0.4, 0.5) is 0 Å². The van der Waals surface area contributed by atoms with Crippen LogP contribution >= 0.6 is 0 Å². The van der Waals surface area contributed by atoms with Crippen LogP contribution in [0.2, 0.25) is 0 Å². The number of nitrogens with two attached hydrogens (primary N) is 1. The lowest BCUT2D eigenvalue weighted by molar-refractivity contribution is 0.0929. The lowest BCUT2D eigenvalue weighted by atomic mass is 10.2. The molecule has 6 heteroatoms. The largest absolute Gasteiger partial charge is 0.348 e. The van der Waals surface area contributed by atoms with Crippen molar-refractivity contribution in [2.24, 2.45) is 5.73 Å². The molecule has 0 saturated carbocycles. The van der Waals surface area contributed by atoms with E-state index in [2.05, 4.69) is 15.6 Å². The summed E-state index contributed by atoms with van der Waals surface area (Å²) in [5.41, 5.74) is 5.73. The third-order valence-electron chi connectivity index (χ3n) is 2.45. The fourth-order valence-electron chi connectivity index (χ4n) is 1.40. The molecule has 0 aliphatic rings. The van der Waals surface area contributed by atoms with Gasteiger partial charge in [-0.25, -0.2) is 0 Å². The third-order valence-corrected chi connectivity index (χ3v) is 2.45. The van der Waals surface area contributed by atoms with Crippen LogP contribution in [0.25, 0.3) is 0 Å². The second-order valence-corrected chi connectivity index (χ2v) is 3.64. The molecule has 0 spiro atoms. The molecule has 3 N–H and O–H groups in total. The summed E-state index contributed by atoms with van der Waals surface area (Å²) in [5.74, 6) is -0.169. The second kappa shape index (κ2) is 6.22. The van der Waals surface area contributed by atoms with Crippen molar-refractivity contribution in [3.63, 3.8) is 0 Å². The minimum Gasteiger partial charge on any atom is -0.348 e. The van der Waals surface area contributed by atoms with E-state index in [9.17, 15) is 4.79 Å². The van der Waals surface area contributed by atoms with E-state index in [0.717, 1.165) is 12.8 Å². The zero-order chi connectivity index (χ0) is 12.0. The highest BCUT2D eigenvalue weighted by Crippen LogP contribution is 1.99. The monoisotopic (exact) mass is 225 g/mol. The molecule has 1 amide bonds. The van der Waals surface area contributed by atoms with Crippen molar-refractivity contribution in [1.29, 1.82) is 0 Å². The van der Waals surface area contributed by atoms with Gasteiger partial charge in [-0.05, 0) is 12.8 Å². The Bertz CT molecular complexity index is 332. The predicted molar refractivity (Wildman–Crippen MR) is 60.9 cm³/mol. The van der Waals surface area contributed by atoms with Gasteiger partial charge >= 0.3 is 0 Å². The summed E-state index contributed by atoms with van der Waals surface area (Å²) in [7, 11) is 0. The Labute approximate surface area is 95.2 Å². The number of nitrogens with zero attached hydrogens (tertiary/aromatic N) is 3. The lowest BCUT2D eigenvalue weighted by Crippen LogP contribution is -2.34. The smallest absolute Gasteiger partial charge is 0.273 e. The number of aromatic nitrogens is 3. The van der Waals surface area contributed by atoms with E-state index in [1.165, 1.54) is 0 Å². The van der Waals surface area contributed by atoms with Crippen molar-refractivity contribution in [2.45, 2.75) is 39.3 Å². The average molecular weight is 225 g/mol. The van der Waals surface area contributed by atoms with Crippen molar-refractivity contribution >= 4 is 5.91 Å². The second-order valence-electron chi connectivity index (χ2n) is 3.64. The summed E-state index contributed by atoms with van der Waals surface area (Å²) in [6.45, 7) is 5.14. The Morgan fingerprint density at radius 3 is 2.81 bits per heavy atom. The number of rotatable bonds is 6. The van der Waals surface area contributed by atoms with Gasteiger partial charge in [-0.2, -0.15) is 0 Å². The number of nitrogens with one attached hydrogen (secondary N) is 1. The van der Waals surface area contributed by atoms with Gasteiger partial charge in [0.2, 0.25) is 0 Å². The zero-order valence-corrected chi connectivity index (χ0v) is 9.81. The summed E-state index contributed by atoms with van der Waals surface area (Å²) in [5, 5.41) is 10.5. The first-order valence-electron chi connectivity index (χ1n) is 5.62. The first kappa shape index (κ1) is 12.6. The van der Waals surface area contributed by atoms with Gasteiger partial charge in [-0.15, -0.1) is 5.10 Å². The van der Waals surface area contributed by atoms with Crippen LogP contribution in [0.5, 0.6) is 0 Å². The fraction of sp³-hybridized carbons (Fsp3) is 0.700. The molecule has 16 heavy (non-hydrogen) atoms. The van der Waals surface area contributed by atoms with E-state index in [1.807, 2.05) is 13.8 Å².